The highest BCUT2D eigenvalue weighted by Crippen LogP contribution is 2.20. The SMILES string of the molecule is CCCNc1ncnc(NCCN2CCSCC2)c1CC. The molecule has 1 aliphatic heterocycles. The lowest BCUT2D eigenvalue weighted by atomic mass is 10.2. The molecule has 118 valence electrons. The summed E-state index contributed by atoms with van der Waals surface area (Å²) in [6, 6.07) is 0. The molecule has 6 heteroatoms. The van der Waals surface area contributed by atoms with E-state index < -0.39 is 0 Å². The summed E-state index contributed by atoms with van der Waals surface area (Å²) in [7, 11) is 0. The van der Waals surface area contributed by atoms with Crippen molar-refractivity contribution in [3.63, 3.8) is 0 Å². The summed E-state index contributed by atoms with van der Waals surface area (Å²) in [5.74, 6) is 4.49. The van der Waals surface area contributed by atoms with Gasteiger partial charge in [-0.2, -0.15) is 11.8 Å². The number of hydrogen-bond donors (Lipinski definition) is 2. The highest BCUT2D eigenvalue weighted by Gasteiger charge is 2.11. The molecule has 1 aliphatic rings. The first kappa shape index (κ1) is 16.4. The number of aromatic nitrogens is 2. The summed E-state index contributed by atoms with van der Waals surface area (Å²) in [5, 5.41) is 6.88. The van der Waals surface area contributed by atoms with E-state index >= 15 is 0 Å². The van der Waals surface area contributed by atoms with Gasteiger partial charge in [-0.25, -0.2) is 9.97 Å². The van der Waals surface area contributed by atoms with Gasteiger partial charge in [0.15, 0.2) is 0 Å². The Morgan fingerprint density at radius 2 is 1.76 bits per heavy atom. The van der Waals surface area contributed by atoms with Gasteiger partial charge >= 0.3 is 0 Å². The van der Waals surface area contributed by atoms with Gasteiger partial charge in [-0.15, -0.1) is 0 Å². The first-order chi connectivity index (χ1) is 10.3. The van der Waals surface area contributed by atoms with Crippen LogP contribution >= 0.6 is 11.8 Å². The summed E-state index contributed by atoms with van der Waals surface area (Å²) in [6.07, 6.45) is 3.69. The molecule has 0 radical (unpaired) electrons. The number of rotatable bonds is 8. The van der Waals surface area contributed by atoms with Crippen molar-refractivity contribution in [2.45, 2.75) is 26.7 Å². The van der Waals surface area contributed by atoms with Gasteiger partial charge in [0.05, 0.1) is 0 Å². The predicted octanol–water partition coefficient (Wildman–Crippen LogP) is 2.32. The molecule has 5 nitrogen and oxygen atoms in total. The molecular formula is C15H27N5S. The highest BCUT2D eigenvalue weighted by atomic mass is 32.2. The molecule has 1 aromatic heterocycles. The Morgan fingerprint density at radius 3 is 2.38 bits per heavy atom. The Bertz CT molecular complexity index is 421. The van der Waals surface area contributed by atoms with Gasteiger partial charge in [-0.05, 0) is 12.8 Å². The highest BCUT2D eigenvalue weighted by molar-refractivity contribution is 7.99. The zero-order valence-electron chi connectivity index (χ0n) is 13.2. The van der Waals surface area contributed by atoms with Crippen molar-refractivity contribution in [2.24, 2.45) is 0 Å². The topological polar surface area (TPSA) is 53.1 Å². The van der Waals surface area contributed by atoms with Gasteiger partial charge in [0, 0.05) is 49.8 Å². The smallest absolute Gasteiger partial charge is 0.134 e. The van der Waals surface area contributed by atoms with Crippen molar-refractivity contribution in [1.29, 1.82) is 0 Å². The Hall–Kier alpha value is -1.01. The van der Waals surface area contributed by atoms with Crippen LogP contribution in [0.1, 0.15) is 25.8 Å². The number of hydrogen-bond acceptors (Lipinski definition) is 6. The predicted molar refractivity (Wildman–Crippen MR) is 92.4 cm³/mol. The fraction of sp³-hybridized carbons (Fsp3) is 0.733. The summed E-state index contributed by atoms with van der Waals surface area (Å²) in [5.41, 5.74) is 1.19. The maximum Gasteiger partial charge on any atom is 0.134 e. The van der Waals surface area contributed by atoms with Gasteiger partial charge in [0.1, 0.15) is 18.0 Å². The van der Waals surface area contributed by atoms with Gasteiger partial charge in [0.25, 0.3) is 0 Å². The Balaban J connectivity index is 1.89. The molecule has 1 saturated heterocycles. The fourth-order valence-corrected chi connectivity index (χ4v) is 3.43. The van der Waals surface area contributed by atoms with Crippen molar-refractivity contribution >= 4 is 23.4 Å². The molecule has 2 N–H and O–H groups in total. The molecular weight excluding hydrogens is 282 g/mol. The molecule has 0 aliphatic carbocycles. The van der Waals surface area contributed by atoms with Crippen LogP contribution in [0.4, 0.5) is 11.6 Å². The summed E-state index contributed by atoms with van der Waals surface area (Å²) >= 11 is 2.05. The lowest BCUT2D eigenvalue weighted by Gasteiger charge is -2.26. The van der Waals surface area contributed by atoms with E-state index in [1.54, 1.807) is 6.33 Å². The maximum atomic E-state index is 4.42. The van der Waals surface area contributed by atoms with Gasteiger partial charge in [0.2, 0.25) is 0 Å². The molecule has 0 atom stereocenters. The van der Waals surface area contributed by atoms with E-state index in [-0.39, 0.29) is 0 Å². The van der Waals surface area contributed by atoms with E-state index in [1.165, 1.54) is 30.2 Å². The molecule has 0 aromatic carbocycles. The van der Waals surface area contributed by atoms with Crippen LogP contribution in [0.3, 0.4) is 0 Å². The normalized spacial score (nSPS) is 15.9. The molecule has 0 unspecified atom stereocenters. The fourth-order valence-electron chi connectivity index (χ4n) is 2.45. The molecule has 0 bridgehead atoms. The summed E-state index contributed by atoms with van der Waals surface area (Å²) in [4.78, 5) is 11.3. The molecule has 2 rings (SSSR count). The summed E-state index contributed by atoms with van der Waals surface area (Å²) in [6.45, 7) is 9.72. The average molecular weight is 309 g/mol. The van der Waals surface area contributed by atoms with E-state index in [2.05, 4.69) is 51.1 Å². The number of thioether (sulfide) groups is 1. The molecule has 1 aromatic rings. The summed E-state index contributed by atoms with van der Waals surface area (Å²) < 4.78 is 0. The van der Waals surface area contributed by atoms with Crippen LogP contribution in [0.2, 0.25) is 0 Å². The van der Waals surface area contributed by atoms with Crippen LogP contribution in [-0.4, -0.2) is 59.1 Å². The zero-order valence-corrected chi connectivity index (χ0v) is 14.0. The molecule has 1 fully saturated rings. The maximum absolute atomic E-state index is 4.42. The van der Waals surface area contributed by atoms with Crippen LogP contribution < -0.4 is 10.6 Å². The van der Waals surface area contributed by atoms with Crippen molar-refractivity contribution in [3.8, 4) is 0 Å². The lowest BCUT2D eigenvalue weighted by Crippen LogP contribution is -2.36. The Morgan fingerprint density at radius 1 is 1.10 bits per heavy atom. The quantitative estimate of drug-likeness (QED) is 0.769. The molecule has 0 spiro atoms. The van der Waals surface area contributed by atoms with Gasteiger partial charge < -0.3 is 10.6 Å². The number of nitrogens with zero attached hydrogens (tertiary/aromatic N) is 3. The minimum absolute atomic E-state index is 0.940. The van der Waals surface area contributed by atoms with Crippen molar-refractivity contribution in [3.05, 3.63) is 11.9 Å². The van der Waals surface area contributed by atoms with Crippen LogP contribution in [0.5, 0.6) is 0 Å². The molecule has 0 amide bonds. The van der Waals surface area contributed by atoms with E-state index in [1.807, 2.05) is 0 Å². The van der Waals surface area contributed by atoms with E-state index in [9.17, 15) is 0 Å². The van der Waals surface area contributed by atoms with Crippen molar-refractivity contribution in [1.82, 2.24) is 14.9 Å². The van der Waals surface area contributed by atoms with Crippen LogP contribution in [0.25, 0.3) is 0 Å². The van der Waals surface area contributed by atoms with Gasteiger partial charge in [-0.3, -0.25) is 4.90 Å². The monoisotopic (exact) mass is 309 g/mol. The first-order valence-electron chi connectivity index (χ1n) is 7.96. The van der Waals surface area contributed by atoms with Gasteiger partial charge in [-0.1, -0.05) is 13.8 Å². The third kappa shape index (κ3) is 5.04. The number of anilines is 2. The van der Waals surface area contributed by atoms with Crippen molar-refractivity contribution < 1.29 is 0 Å². The standard InChI is InChI=1S/C15H27N5S/c1-3-5-16-14-13(4-2)15(19-12-18-14)17-6-7-20-8-10-21-11-9-20/h12H,3-11H2,1-2H3,(H2,16,17,18,19). The van der Waals surface area contributed by atoms with Crippen molar-refractivity contribution in [2.75, 3.05) is 54.9 Å². The largest absolute Gasteiger partial charge is 0.370 e. The third-order valence-corrected chi connectivity index (χ3v) is 4.61. The minimum Gasteiger partial charge on any atom is -0.370 e. The van der Waals surface area contributed by atoms with E-state index in [0.29, 0.717) is 0 Å². The van der Waals surface area contributed by atoms with E-state index in [0.717, 1.165) is 44.1 Å². The van der Waals surface area contributed by atoms with Crippen LogP contribution in [-0.2, 0) is 6.42 Å². The third-order valence-electron chi connectivity index (χ3n) is 3.67. The minimum atomic E-state index is 0.940. The Kier molecular flexibility index (Phi) is 7.09. The zero-order chi connectivity index (χ0) is 14.9. The van der Waals surface area contributed by atoms with Crippen LogP contribution in [0, 0.1) is 0 Å². The lowest BCUT2D eigenvalue weighted by molar-refractivity contribution is 0.314. The first-order valence-corrected chi connectivity index (χ1v) is 9.12. The second-order valence-corrected chi connectivity index (χ2v) is 6.44. The molecule has 21 heavy (non-hydrogen) atoms. The van der Waals surface area contributed by atoms with E-state index in [4.69, 9.17) is 0 Å². The molecule has 2 heterocycles. The van der Waals surface area contributed by atoms with Crippen LogP contribution in [0.15, 0.2) is 6.33 Å². The Labute approximate surface area is 132 Å². The average Bonchev–Trinajstić information content (AvgIpc) is 2.54. The number of nitrogens with one attached hydrogen (secondary N) is 2. The second-order valence-electron chi connectivity index (χ2n) is 5.21. The second kappa shape index (κ2) is 9.10. The molecule has 0 saturated carbocycles.